The number of aryl methyl sites for hydroxylation is 1. The van der Waals surface area contributed by atoms with Crippen molar-refractivity contribution in [1.29, 1.82) is 5.26 Å². The number of nitrogens with zero attached hydrogens (tertiary/aromatic N) is 1. The summed E-state index contributed by atoms with van der Waals surface area (Å²) in [4.78, 5) is 12.6. The summed E-state index contributed by atoms with van der Waals surface area (Å²) < 4.78 is 16.7. The molecule has 168 valence electrons. The smallest absolute Gasteiger partial charge is 0.266 e. The van der Waals surface area contributed by atoms with Gasteiger partial charge in [-0.05, 0) is 67.4 Å². The lowest BCUT2D eigenvalue weighted by Crippen LogP contribution is -2.13. The molecule has 0 spiro atoms. The highest BCUT2D eigenvalue weighted by molar-refractivity contribution is 6.09. The number of methoxy groups -OCH3 is 1. The Morgan fingerprint density at radius 2 is 1.73 bits per heavy atom. The van der Waals surface area contributed by atoms with Crippen molar-refractivity contribution in [1.82, 2.24) is 0 Å². The number of hydrogen-bond acceptors (Lipinski definition) is 5. The number of nitrogens with one attached hydrogen (secondary N) is 1. The Kier molecular flexibility index (Phi) is 8.09. The third-order valence-electron chi connectivity index (χ3n) is 4.80. The van der Waals surface area contributed by atoms with Crippen molar-refractivity contribution in [3.8, 4) is 23.3 Å². The molecule has 0 aromatic heterocycles. The third-order valence-corrected chi connectivity index (χ3v) is 4.80. The van der Waals surface area contributed by atoms with Gasteiger partial charge in [-0.15, -0.1) is 0 Å². The van der Waals surface area contributed by atoms with E-state index in [4.69, 9.17) is 14.2 Å². The zero-order valence-corrected chi connectivity index (χ0v) is 18.9. The molecule has 0 fully saturated rings. The molecule has 6 heteroatoms. The number of anilines is 1. The van der Waals surface area contributed by atoms with Crippen molar-refractivity contribution in [3.05, 3.63) is 89.0 Å². The molecular formula is C27H26N2O4. The van der Waals surface area contributed by atoms with Crippen molar-refractivity contribution < 1.29 is 19.0 Å². The minimum absolute atomic E-state index is 0.0285. The van der Waals surface area contributed by atoms with Crippen LogP contribution in [0.2, 0.25) is 0 Å². The van der Waals surface area contributed by atoms with Crippen molar-refractivity contribution >= 4 is 17.7 Å². The largest absolute Gasteiger partial charge is 0.494 e. The van der Waals surface area contributed by atoms with E-state index < -0.39 is 5.91 Å². The van der Waals surface area contributed by atoms with Gasteiger partial charge in [-0.25, -0.2) is 0 Å². The highest BCUT2D eigenvalue weighted by Gasteiger charge is 2.12. The molecule has 3 aromatic rings. The average molecular weight is 443 g/mol. The van der Waals surface area contributed by atoms with Crippen molar-refractivity contribution in [2.24, 2.45) is 0 Å². The predicted molar refractivity (Wildman–Crippen MR) is 128 cm³/mol. The van der Waals surface area contributed by atoms with Crippen LogP contribution in [0, 0.1) is 18.3 Å². The maximum Gasteiger partial charge on any atom is 0.266 e. The summed E-state index contributed by atoms with van der Waals surface area (Å²) in [6.07, 6.45) is 1.51. The number of amides is 1. The molecule has 0 saturated carbocycles. The molecule has 0 aliphatic rings. The van der Waals surface area contributed by atoms with Gasteiger partial charge in [-0.3, -0.25) is 4.79 Å². The second-order valence-corrected chi connectivity index (χ2v) is 7.27. The Hall–Kier alpha value is -4.24. The van der Waals surface area contributed by atoms with Crippen LogP contribution < -0.4 is 19.5 Å². The van der Waals surface area contributed by atoms with Gasteiger partial charge in [0, 0.05) is 5.69 Å². The molecular weight excluding hydrogens is 416 g/mol. The Morgan fingerprint density at radius 3 is 2.36 bits per heavy atom. The zero-order chi connectivity index (χ0) is 23.6. The van der Waals surface area contributed by atoms with E-state index in [-0.39, 0.29) is 5.57 Å². The summed E-state index contributed by atoms with van der Waals surface area (Å²) in [5.41, 5.74) is 3.42. The van der Waals surface area contributed by atoms with E-state index in [0.717, 1.165) is 5.56 Å². The zero-order valence-electron chi connectivity index (χ0n) is 18.9. The van der Waals surface area contributed by atoms with Gasteiger partial charge in [0.2, 0.25) is 0 Å². The summed E-state index contributed by atoms with van der Waals surface area (Å²) in [5, 5.41) is 12.2. The van der Waals surface area contributed by atoms with Gasteiger partial charge in [0.05, 0.1) is 13.7 Å². The fraction of sp³-hybridized carbons (Fsp3) is 0.185. The Labute approximate surface area is 194 Å². The maximum absolute atomic E-state index is 12.6. The van der Waals surface area contributed by atoms with E-state index in [9.17, 15) is 10.1 Å². The molecule has 3 aromatic carbocycles. The fourth-order valence-electron chi connectivity index (χ4n) is 3.05. The SMILES string of the molecule is CCOc1ccc(NC(=O)/C(C#N)=C\c2ccc(OCc3ccc(C)cc3)c(OC)c2)cc1. The van der Waals surface area contributed by atoms with E-state index in [1.54, 1.807) is 49.6 Å². The molecule has 0 aliphatic heterocycles. The number of carbonyl (C=O) groups excluding carboxylic acids is 1. The number of rotatable bonds is 9. The first-order chi connectivity index (χ1) is 16.0. The molecule has 1 N–H and O–H groups in total. The standard InChI is InChI=1S/C27H26N2O4/c1-4-32-24-12-10-23(11-13-24)29-27(30)22(17-28)15-21-9-14-25(26(16-21)31-3)33-18-20-7-5-19(2)6-8-20/h5-16H,4,18H2,1-3H3,(H,29,30)/b22-15-. The fourth-order valence-corrected chi connectivity index (χ4v) is 3.05. The predicted octanol–water partition coefficient (Wildman–Crippen LogP) is 5.53. The van der Waals surface area contributed by atoms with E-state index >= 15 is 0 Å². The van der Waals surface area contributed by atoms with E-state index in [2.05, 4.69) is 5.32 Å². The third kappa shape index (κ3) is 6.62. The van der Waals surface area contributed by atoms with Crippen LogP contribution in [0.3, 0.4) is 0 Å². The van der Waals surface area contributed by atoms with E-state index in [1.165, 1.54) is 11.6 Å². The first-order valence-corrected chi connectivity index (χ1v) is 10.5. The lowest BCUT2D eigenvalue weighted by molar-refractivity contribution is -0.112. The molecule has 0 aliphatic carbocycles. The van der Waals surface area contributed by atoms with Gasteiger partial charge >= 0.3 is 0 Å². The maximum atomic E-state index is 12.6. The van der Waals surface area contributed by atoms with Gasteiger partial charge in [0.25, 0.3) is 5.91 Å². The molecule has 0 heterocycles. The first-order valence-electron chi connectivity index (χ1n) is 10.5. The molecule has 0 saturated heterocycles. The molecule has 3 rings (SSSR count). The van der Waals surface area contributed by atoms with Gasteiger partial charge < -0.3 is 19.5 Å². The average Bonchev–Trinajstić information content (AvgIpc) is 2.83. The van der Waals surface area contributed by atoms with E-state index in [1.807, 2.05) is 44.2 Å². The summed E-state index contributed by atoms with van der Waals surface area (Å²) in [7, 11) is 1.55. The van der Waals surface area contributed by atoms with Gasteiger partial charge in [-0.2, -0.15) is 5.26 Å². The normalized spacial score (nSPS) is 10.8. The minimum atomic E-state index is -0.500. The second-order valence-electron chi connectivity index (χ2n) is 7.27. The van der Waals surface area contributed by atoms with Crippen molar-refractivity contribution in [2.45, 2.75) is 20.5 Å². The summed E-state index contributed by atoms with van der Waals surface area (Å²) >= 11 is 0. The first kappa shape index (κ1) is 23.4. The van der Waals surface area contributed by atoms with Crippen LogP contribution in [0.5, 0.6) is 17.2 Å². The molecule has 0 radical (unpaired) electrons. The Bertz CT molecular complexity index is 1160. The summed E-state index contributed by atoms with van der Waals surface area (Å²) in [5.74, 6) is 1.30. The topological polar surface area (TPSA) is 80.6 Å². The number of hydrogen-bond donors (Lipinski definition) is 1. The number of benzene rings is 3. The van der Waals surface area contributed by atoms with Crippen LogP contribution in [0.4, 0.5) is 5.69 Å². The van der Waals surface area contributed by atoms with Gasteiger partial charge in [0.1, 0.15) is 24.0 Å². The molecule has 0 atom stereocenters. The lowest BCUT2D eigenvalue weighted by Gasteiger charge is -2.12. The summed E-state index contributed by atoms with van der Waals surface area (Å²) in [6.45, 7) is 4.90. The van der Waals surface area contributed by atoms with Crippen LogP contribution in [-0.4, -0.2) is 19.6 Å². The van der Waals surface area contributed by atoms with Crippen LogP contribution in [-0.2, 0) is 11.4 Å². The van der Waals surface area contributed by atoms with Crippen LogP contribution in [0.1, 0.15) is 23.6 Å². The molecule has 6 nitrogen and oxygen atoms in total. The number of ether oxygens (including phenoxy) is 3. The summed E-state index contributed by atoms with van der Waals surface area (Å²) in [6, 6.07) is 22.3. The van der Waals surface area contributed by atoms with Crippen LogP contribution in [0.25, 0.3) is 6.08 Å². The minimum Gasteiger partial charge on any atom is -0.494 e. The molecule has 0 unspecified atom stereocenters. The van der Waals surface area contributed by atoms with Crippen LogP contribution in [0.15, 0.2) is 72.3 Å². The quantitative estimate of drug-likeness (QED) is 0.348. The molecule has 0 bridgehead atoms. The highest BCUT2D eigenvalue weighted by atomic mass is 16.5. The van der Waals surface area contributed by atoms with Crippen molar-refractivity contribution in [2.75, 3.05) is 19.0 Å². The lowest BCUT2D eigenvalue weighted by atomic mass is 10.1. The number of nitriles is 1. The van der Waals surface area contributed by atoms with Gasteiger partial charge in [-0.1, -0.05) is 35.9 Å². The Balaban J connectivity index is 1.71. The highest BCUT2D eigenvalue weighted by Crippen LogP contribution is 2.30. The van der Waals surface area contributed by atoms with Crippen molar-refractivity contribution in [3.63, 3.8) is 0 Å². The van der Waals surface area contributed by atoms with E-state index in [0.29, 0.717) is 41.7 Å². The molecule has 33 heavy (non-hydrogen) atoms. The Morgan fingerprint density at radius 1 is 1.00 bits per heavy atom. The monoisotopic (exact) mass is 442 g/mol. The van der Waals surface area contributed by atoms with Gasteiger partial charge in [0.15, 0.2) is 11.5 Å². The van der Waals surface area contributed by atoms with Crippen LogP contribution >= 0.6 is 0 Å². The number of carbonyl (C=O) groups is 1. The molecule has 1 amide bonds. The second kappa shape index (κ2) is 11.4.